The summed E-state index contributed by atoms with van der Waals surface area (Å²) in [5.74, 6) is 1.13. The molecule has 0 saturated carbocycles. The monoisotopic (exact) mass is 348 g/mol. The first kappa shape index (κ1) is 11.8. The Morgan fingerprint density at radius 3 is 2.75 bits per heavy atom. The number of benzene rings is 1. The highest BCUT2D eigenvalue weighted by atomic mass is 127. The van der Waals surface area contributed by atoms with Crippen molar-refractivity contribution in [2.75, 3.05) is 0 Å². The largest absolute Gasteiger partial charge is 0.196 e. The first-order valence-corrected chi connectivity index (χ1v) is 6.29. The van der Waals surface area contributed by atoms with E-state index in [-0.39, 0.29) is 5.92 Å². The minimum atomic E-state index is 0.279. The molecule has 0 N–H and O–H groups in total. The van der Waals surface area contributed by atoms with Crippen molar-refractivity contribution in [3.63, 3.8) is 0 Å². The lowest BCUT2D eigenvalue weighted by molar-refractivity contribution is 0.708. The van der Waals surface area contributed by atoms with Crippen LogP contribution in [0.5, 0.6) is 0 Å². The highest BCUT2D eigenvalue weighted by Gasteiger charge is 2.13. The topological polar surface area (TPSA) is 43.6 Å². The number of aromatic nitrogens is 4. The van der Waals surface area contributed by atoms with Gasteiger partial charge in [0, 0.05) is 14.5 Å². The smallest absolute Gasteiger partial charge is 0.159 e. The predicted octanol–water partition coefficient (Wildman–Crippen LogP) is 3.04. The van der Waals surface area contributed by atoms with E-state index in [1.54, 1.807) is 4.68 Å². The van der Waals surface area contributed by atoms with Crippen LogP contribution in [0.25, 0.3) is 5.69 Å². The van der Waals surface area contributed by atoms with Crippen molar-refractivity contribution in [3.05, 3.63) is 32.6 Å². The Bertz CT molecular complexity index is 509. The highest BCUT2D eigenvalue weighted by molar-refractivity contribution is 14.1. The van der Waals surface area contributed by atoms with Gasteiger partial charge in [0.15, 0.2) is 5.82 Å². The maximum absolute atomic E-state index is 5.91. The first-order valence-electron chi connectivity index (χ1n) is 4.83. The van der Waals surface area contributed by atoms with Crippen LogP contribution in [-0.4, -0.2) is 20.2 Å². The summed E-state index contributed by atoms with van der Waals surface area (Å²) in [4.78, 5) is 0. The standard InChI is InChI=1S/C10H10ClIN4/c1-6(2)10-13-14-15-16(10)9-4-3-7(11)5-8(9)12/h3-6H,1-2H3. The van der Waals surface area contributed by atoms with Crippen LogP contribution in [0.15, 0.2) is 18.2 Å². The van der Waals surface area contributed by atoms with Crippen LogP contribution < -0.4 is 0 Å². The lowest BCUT2D eigenvalue weighted by atomic mass is 10.2. The minimum Gasteiger partial charge on any atom is -0.196 e. The van der Waals surface area contributed by atoms with Gasteiger partial charge in [-0.15, -0.1) is 5.10 Å². The molecule has 0 amide bonds. The van der Waals surface area contributed by atoms with E-state index in [1.165, 1.54) is 0 Å². The highest BCUT2D eigenvalue weighted by Crippen LogP contribution is 2.23. The molecule has 0 fully saturated rings. The number of tetrazole rings is 1. The molecule has 0 unspecified atom stereocenters. The summed E-state index contributed by atoms with van der Waals surface area (Å²) < 4.78 is 2.78. The Labute approximate surface area is 112 Å². The number of hydrogen-bond donors (Lipinski definition) is 0. The molecule has 0 aliphatic carbocycles. The summed E-state index contributed by atoms with van der Waals surface area (Å²) in [6.07, 6.45) is 0. The van der Waals surface area contributed by atoms with Crippen molar-refractivity contribution >= 4 is 34.2 Å². The van der Waals surface area contributed by atoms with E-state index < -0.39 is 0 Å². The third-order valence-electron chi connectivity index (χ3n) is 2.15. The second kappa shape index (κ2) is 4.67. The second-order valence-corrected chi connectivity index (χ2v) is 5.30. The van der Waals surface area contributed by atoms with Crippen molar-refractivity contribution in [3.8, 4) is 5.69 Å². The summed E-state index contributed by atoms with van der Waals surface area (Å²) in [5, 5.41) is 12.5. The molecule has 0 spiro atoms. The maximum atomic E-state index is 5.91. The molecule has 1 aromatic carbocycles. The van der Waals surface area contributed by atoms with E-state index in [1.807, 2.05) is 18.2 Å². The van der Waals surface area contributed by atoms with E-state index in [4.69, 9.17) is 11.6 Å². The van der Waals surface area contributed by atoms with Crippen LogP contribution in [0, 0.1) is 3.57 Å². The Balaban J connectivity index is 2.54. The fraction of sp³-hybridized carbons (Fsp3) is 0.300. The lowest BCUT2D eigenvalue weighted by Gasteiger charge is -2.08. The van der Waals surface area contributed by atoms with E-state index in [9.17, 15) is 0 Å². The van der Waals surface area contributed by atoms with Crippen molar-refractivity contribution in [1.82, 2.24) is 20.2 Å². The Hall–Kier alpha value is -0.690. The Morgan fingerprint density at radius 1 is 1.38 bits per heavy atom. The average molecular weight is 349 g/mol. The fourth-order valence-electron chi connectivity index (χ4n) is 1.38. The van der Waals surface area contributed by atoms with Gasteiger partial charge in [-0.2, -0.15) is 4.68 Å². The van der Waals surface area contributed by atoms with Gasteiger partial charge >= 0.3 is 0 Å². The van der Waals surface area contributed by atoms with Crippen LogP contribution in [-0.2, 0) is 0 Å². The van der Waals surface area contributed by atoms with Crippen molar-refractivity contribution in [2.24, 2.45) is 0 Å². The van der Waals surface area contributed by atoms with Crippen LogP contribution in [0.3, 0.4) is 0 Å². The number of hydrogen-bond acceptors (Lipinski definition) is 3. The van der Waals surface area contributed by atoms with Crippen molar-refractivity contribution in [2.45, 2.75) is 19.8 Å². The molecule has 0 bridgehead atoms. The molecule has 4 nitrogen and oxygen atoms in total. The van der Waals surface area contributed by atoms with Crippen LogP contribution >= 0.6 is 34.2 Å². The third kappa shape index (κ3) is 2.20. The molecule has 0 atom stereocenters. The molecule has 6 heteroatoms. The van der Waals surface area contributed by atoms with Gasteiger partial charge in [0.1, 0.15) is 0 Å². The predicted molar refractivity (Wildman–Crippen MR) is 71.0 cm³/mol. The van der Waals surface area contributed by atoms with Gasteiger partial charge < -0.3 is 0 Å². The molecule has 0 aliphatic rings. The van der Waals surface area contributed by atoms with Crippen LogP contribution in [0.1, 0.15) is 25.6 Å². The molecule has 0 aliphatic heterocycles. The summed E-state index contributed by atoms with van der Waals surface area (Å²) in [6, 6.07) is 5.65. The summed E-state index contributed by atoms with van der Waals surface area (Å²) in [7, 11) is 0. The van der Waals surface area contributed by atoms with Gasteiger partial charge in [0.25, 0.3) is 0 Å². The zero-order valence-electron chi connectivity index (χ0n) is 8.85. The van der Waals surface area contributed by atoms with Crippen LogP contribution in [0.4, 0.5) is 0 Å². The maximum Gasteiger partial charge on any atom is 0.159 e. The first-order chi connectivity index (χ1) is 7.59. The Morgan fingerprint density at radius 2 is 2.12 bits per heavy atom. The van der Waals surface area contributed by atoms with Gasteiger partial charge in [0.2, 0.25) is 0 Å². The molecule has 1 aromatic heterocycles. The number of rotatable bonds is 2. The normalized spacial score (nSPS) is 11.1. The van der Waals surface area contributed by atoms with E-state index in [0.717, 1.165) is 15.1 Å². The zero-order chi connectivity index (χ0) is 11.7. The molecule has 16 heavy (non-hydrogen) atoms. The molecule has 2 rings (SSSR count). The van der Waals surface area contributed by atoms with E-state index >= 15 is 0 Å². The minimum absolute atomic E-state index is 0.279. The summed E-state index contributed by atoms with van der Waals surface area (Å²) in [6.45, 7) is 4.12. The molecule has 84 valence electrons. The van der Waals surface area contributed by atoms with Gasteiger partial charge in [0.05, 0.1) is 5.69 Å². The van der Waals surface area contributed by atoms with Gasteiger partial charge in [-0.25, -0.2) is 0 Å². The molecule has 0 radical (unpaired) electrons. The SMILES string of the molecule is CC(C)c1nnnn1-c1ccc(Cl)cc1I. The van der Waals surface area contributed by atoms with E-state index in [2.05, 4.69) is 52.0 Å². The molecule has 0 saturated heterocycles. The van der Waals surface area contributed by atoms with Gasteiger partial charge in [-0.3, -0.25) is 0 Å². The number of nitrogens with zero attached hydrogens (tertiary/aromatic N) is 4. The average Bonchev–Trinajstić information content (AvgIpc) is 2.66. The lowest BCUT2D eigenvalue weighted by Crippen LogP contribution is -2.06. The van der Waals surface area contributed by atoms with Crippen LogP contribution in [0.2, 0.25) is 5.02 Å². The molecule has 2 aromatic rings. The summed E-state index contributed by atoms with van der Waals surface area (Å²) >= 11 is 8.14. The number of halogens is 2. The zero-order valence-corrected chi connectivity index (χ0v) is 11.8. The van der Waals surface area contributed by atoms with Crippen molar-refractivity contribution in [1.29, 1.82) is 0 Å². The van der Waals surface area contributed by atoms with Gasteiger partial charge in [-0.05, 0) is 51.2 Å². The quantitative estimate of drug-likeness (QED) is 0.784. The summed E-state index contributed by atoms with van der Waals surface area (Å²) in [5.41, 5.74) is 0.957. The van der Waals surface area contributed by atoms with Crippen molar-refractivity contribution < 1.29 is 0 Å². The molecule has 1 heterocycles. The Kier molecular flexibility index (Phi) is 3.44. The molecular weight excluding hydrogens is 338 g/mol. The third-order valence-corrected chi connectivity index (χ3v) is 3.25. The second-order valence-electron chi connectivity index (χ2n) is 3.70. The van der Waals surface area contributed by atoms with E-state index in [0.29, 0.717) is 5.02 Å². The molecular formula is C10H10ClIN4. The fourth-order valence-corrected chi connectivity index (χ4v) is 2.48. The van der Waals surface area contributed by atoms with Gasteiger partial charge in [-0.1, -0.05) is 25.4 Å².